The predicted molar refractivity (Wildman–Crippen MR) is 43.4 cm³/mol. The third kappa shape index (κ3) is 3.18. The summed E-state index contributed by atoms with van der Waals surface area (Å²) in [4.78, 5) is 9.05. The molecule has 0 amide bonds. The minimum Gasteiger partial charge on any atom is -0.434 e. The highest BCUT2D eigenvalue weighted by atomic mass is 29.2. The number of hydrogen-bond acceptors (Lipinski definition) is 1. The molecule has 0 aliphatic heterocycles. The summed E-state index contributed by atoms with van der Waals surface area (Å²) < 4.78 is 0. The molecule has 0 aliphatic carbocycles. The van der Waals surface area contributed by atoms with Gasteiger partial charge in [0.2, 0.25) is 0 Å². The highest BCUT2D eigenvalue weighted by molar-refractivity contribution is 7.02. The molecule has 48 valence electrons. The van der Waals surface area contributed by atoms with E-state index < -0.39 is 8.56 Å². The normalized spacial score (nSPS) is 13.8. The van der Waals surface area contributed by atoms with Crippen molar-refractivity contribution in [2.24, 2.45) is 0 Å². The van der Waals surface area contributed by atoms with Gasteiger partial charge in [0.05, 0.1) is 0 Å². The van der Waals surface area contributed by atoms with Crippen LogP contribution in [0, 0.1) is 0 Å². The standard InChI is InChI=1S/C5H14OSi2/c1-3-4-5(2)8(6)7/h6,8H,2-4H2,1,7H3. The van der Waals surface area contributed by atoms with Crippen LogP contribution in [0.1, 0.15) is 19.8 Å². The Kier molecular flexibility index (Phi) is 4.12. The highest BCUT2D eigenvalue weighted by Crippen LogP contribution is 2.00. The number of hydrogen-bond donors (Lipinski definition) is 1. The van der Waals surface area contributed by atoms with E-state index in [4.69, 9.17) is 4.80 Å². The molecule has 0 aromatic carbocycles. The van der Waals surface area contributed by atoms with Gasteiger partial charge in [-0.15, -0.1) is 6.58 Å². The summed E-state index contributed by atoms with van der Waals surface area (Å²) in [6.45, 7) is 5.90. The van der Waals surface area contributed by atoms with Crippen molar-refractivity contribution in [1.82, 2.24) is 0 Å². The van der Waals surface area contributed by atoms with Gasteiger partial charge in [-0.2, -0.15) is 0 Å². The third-order valence-corrected chi connectivity index (χ3v) is 5.08. The molecular formula is C5H14OSi2. The Hall–Kier alpha value is 0.134. The summed E-state index contributed by atoms with van der Waals surface area (Å²) in [6.07, 6.45) is 2.17. The van der Waals surface area contributed by atoms with Gasteiger partial charge in [0.1, 0.15) is 0 Å². The molecule has 3 heteroatoms. The summed E-state index contributed by atoms with van der Waals surface area (Å²) >= 11 is 0. The molecule has 0 spiro atoms. The molecule has 0 fully saturated rings. The minimum atomic E-state index is -1.34. The smallest absolute Gasteiger partial charge is 0.175 e. The van der Waals surface area contributed by atoms with Crippen molar-refractivity contribution < 1.29 is 4.80 Å². The quantitative estimate of drug-likeness (QED) is 0.530. The van der Waals surface area contributed by atoms with Crippen LogP contribution in [0.4, 0.5) is 0 Å². The van der Waals surface area contributed by atoms with Gasteiger partial charge in [0.25, 0.3) is 0 Å². The Balaban J connectivity index is 3.33. The first-order valence-electron chi connectivity index (χ1n) is 3.04. The van der Waals surface area contributed by atoms with Crippen LogP contribution >= 0.6 is 0 Å². The molecule has 0 bridgehead atoms. The largest absolute Gasteiger partial charge is 0.434 e. The first-order chi connectivity index (χ1) is 3.68. The first kappa shape index (κ1) is 8.13. The highest BCUT2D eigenvalue weighted by Gasteiger charge is 2.00. The van der Waals surface area contributed by atoms with Crippen molar-refractivity contribution in [1.29, 1.82) is 0 Å². The zero-order chi connectivity index (χ0) is 6.57. The van der Waals surface area contributed by atoms with Crippen molar-refractivity contribution in [2.75, 3.05) is 0 Å². The molecule has 0 aliphatic rings. The maximum absolute atomic E-state index is 9.05. The SMILES string of the molecule is C=C(CCC)[SiH](O)[SiH3]. The molecule has 0 saturated heterocycles. The molecule has 1 unspecified atom stereocenters. The lowest BCUT2D eigenvalue weighted by Gasteiger charge is -2.02. The molecular weight excluding hydrogens is 132 g/mol. The van der Waals surface area contributed by atoms with Crippen molar-refractivity contribution in [3.05, 3.63) is 11.8 Å². The maximum atomic E-state index is 9.05. The third-order valence-electron chi connectivity index (χ3n) is 1.16. The zero-order valence-electron chi connectivity index (χ0n) is 5.65. The Morgan fingerprint density at radius 3 is 2.50 bits per heavy atom. The fourth-order valence-corrected chi connectivity index (χ4v) is 2.10. The lowest BCUT2D eigenvalue weighted by atomic mass is 10.3. The van der Waals surface area contributed by atoms with Crippen molar-refractivity contribution >= 4 is 18.3 Å². The summed E-state index contributed by atoms with van der Waals surface area (Å²) in [7, 11) is -0.376. The molecule has 1 nitrogen and oxygen atoms in total. The summed E-state index contributed by atoms with van der Waals surface area (Å²) in [5, 5.41) is 1.14. The van der Waals surface area contributed by atoms with Gasteiger partial charge in [-0.1, -0.05) is 18.5 Å². The monoisotopic (exact) mass is 146 g/mol. The molecule has 0 aromatic rings. The Labute approximate surface area is 55.4 Å². The molecule has 0 rings (SSSR count). The summed E-state index contributed by atoms with van der Waals surface area (Å²) in [5.74, 6) is 0. The fraction of sp³-hybridized carbons (Fsp3) is 0.600. The van der Waals surface area contributed by atoms with Gasteiger partial charge in [-0.05, 0) is 6.42 Å². The number of rotatable bonds is 3. The van der Waals surface area contributed by atoms with Crippen LogP contribution in [0.5, 0.6) is 0 Å². The van der Waals surface area contributed by atoms with Gasteiger partial charge >= 0.3 is 0 Å². The molecule has 8 heavy (non-hydrogen) atoms. The van der Waals surface area contributed by atoms with Gasteiger partial charge in [-0.25, -0.2) is 0 Å². The van der Waals surface area contributed by atoms with Crippen LogP contribution < -0.4 is 0 Å². The molecule has 1 N–H and O–H groups in total. The van der Waals surface area contributed by atoms with Gasteiger partial charge < -0.3 is 4.80 Å². The van der Waals surface area contributed by atoms with Crippen molar-refractivity contribution in [2.45, 2.75) is 19.8 Å². The summed E-state index contributed by atoms with van der Waals surface area (Å²) in [5.41, 5.74) is 0. The van der Waals surface area contributed by atoms with Gasteiger partial charge in [-0.3, -0.25) is 0 Å². The van der Waals surface area contributed by atoms with E-state index in [1.54, 1.807) is 0 Å². The van der Waals surface area contributed by atoms with E-state index in [1.807, 2.05) is 0 Å². The second-order valence-electron chi connectivity index (χ2n) is 2.08. The second-order valence-corrected chi connectivity index (χ2v) is 7.53. The van der Waals surface area contributed by atoms with E-state index in [0.717, 1.165) is 27.8 Å². The van der Waals surface area contributed by atoms with E-state index in [9.17, 15) is 0 Å². The topological polar surface area (TPSA) is 20.2 Å². The Morgan fingerprint density at radius 2 is 2.38 bits per heavy atom. The van der Waals surface area contributed by atoms with Crippen LogP contribution in [0.2, 0.25) is 0 Å². The fourth-order valence-electron chi connectivity index (χ4n) is 0.530. The van der Waals surface area contributed by atoms with E-state index in [1.165, 1.54) is 0 Å². The van der Waals surface area contributed by atoms with E-state index >= 15 is 0 Å². The Morgan fingerprint density at radius 1 is 1.88 bits per heavy atom. The van der Waals surface area contributed by atoms with Crippen LogP contribution in [-0.4, -0.2) is 23.1 Å². The minimum absolute atomic E-state index is 0.962. The van der Waals surface area contributed by atoms with E-state index in [-0.39, 0.29) is 0 Å². The molecule has 0 radical (unpaired) electrons. The second kappa shape index (κ2) is 4.06. The first-order valence-corrected chi connectivity index (χ1v) is 8.75. The summed E-state index contributed by atoms with van der Waals surface area (Å²) in [6, 6.07) is 0. The van der Waals surface area contributed by atoms with Crippen molar-refractivity contribution in [3.63, 3.8) is 0 Å². The average molecular weight is 146 g/mol. The van der Waals surface area contributed by atoms with Gasteiger partial charge in [0.15, 0.2) is 8.56 Å². The van der Waals surface area contributed by atoms with Crippen molar-refractivity contribution in [3.8, 4) is 0 Å². The molecule has 0 aromatic heterocycles. The van der Waals surface area contributed by atoms with Crippen LogP contribution in [-0.2, 0) is 0 Å². The Bertz CT molecular complexity index is 80.5. The zero-order valence-corrected chi connectivity index (χ0v) is 8.80. The van der Waals surface area contributed by atoms with Crippen LogP contribution in [0.15, 0.2) is 11.8 Å². The van der Waals surface area contributed by atoms with E-state index in [2.05, 4.69) is 13.5 Å². The maximum Gasteiger partial charge on any atom is 0.175 e. The van der Waals surface area contributed by atoms with Gasteiger partial charge in [0, 0.05) is 9.76 Å². The molecule has 0 heterocycles. The number of allylic oxidation sites excluding steroid dienone is 1. The lowest BCUT2D eigenvalue weighted by molar-refractivity contribution is 0.598. The predicted octanol–water partition coefficient (Wildman–Crippen LogP) is -0.540. The van der Waals surface area contributed by atoms with Crippen LogP contribution in [0.3, 0.4) is 0 Å². The van der Waals surface area contributed by atoms with E-state index in [0.29, 0.717) is 0 Å². The van der Waals surface area contributed by atoms with Crippen LogP contribution in [0.25, 0.3) is 0 Å². The lowest BCUT2D eigenvalue weighted by Crippen LogP contribution is -2.15. The molecule has 1 atom stereocenters. The average Bonchev–Trinajstić information content (AvgIpc) is 1.67. The molecule has 0 saturated carbocycles.